The molecule has 9 heteroatoms. The van der Waals surface area contributed by atoms with Crippen LogP contribution in [-0.2, 0) is 19.5 Å². The zero-order chi connectivity index (χ0) is 14.9. The van der Waals surface area contributed by atoms with Gasteiger partial charge in [-0.2, -0.15) is 4.31 Å². The summed E-state index contributed by atoms with van der Waals surface area (Å²) in [5.41, 5.74) is 5.48. The van der Waals surface area contributed by atoms with E-state index in [1.807, 2.05) is 0 Å². The summed E-state index contributed by atoms with van der Waals surface area (Å²) in [6.07, 6.45) is 0.595. The summed E-state index contributed by atoms with van der Waals surface area (Å²) >= 11 is 5.82. The molecule has 20 heavy (non-hydrogen) atoms. The molecule has 7 nitrogen and oxygen atoms in total. The second-order valence-corrected chi connectivity index (χ2v) is 6.75. The first-order valence-corrected chi connectivity index (χ1v) is 7.68. The van der Waals surface area contributed by atoms with Gasteiger partial charge in [0.15, 0.2) is 0 Å². The molecule has 0 amide bonds. The lowest BCUT2D eigenvalue weighted by Crippen LogP contribution is -2.30. The Morgan fingerprint density at radius 2 is 1.90 bits per heavy atom. The van der Waals surface area contributed by atoms with Gasteiger partial charge in [-0.3, -0.25) is 0 Å². The topological polar surface area (TPSA) is 94.8 Å². The van der Waals surface area contributed by atoms with E-state index < -0.39 is 10.0 Å². The number of pyridine rings is 1. The number of ether oxygens (including phenoxy) is 2. The molecular weight excluding hydrogens is 306 g/mol. The van der Waals surface area contributed by atoms with Crippen molar-refractivity contribution in [3.63, 3.8) is 0 Å². The molecule has 2 rings (SSSR count). The molecule has 2 N–H and O–H groups in total. The van der Waals surface area contributed by atoms with Gasteiger partial charge >= 0.3 is 0 Å². The Morgan fingerprint density at radius 3 is 2.35 bits per heavy atom. The van der Waals surface area contributed by atoms with Crippen LogP contribution in [0.4, 0.5) is 5.82 Å². The second-order valence-electron chi connectivity index (χ2n) is 4.41. The maximum atomic E-state index is 12.5. The third kappa shape index (κ3) is 2.75. The molecule has 0 bridgehead atoms. The van der Waals surface area contributed by atoms with Gasteiger partial charge in [0.2, 0.25) is 10.0 Å². The van der Waals surface area contributed by atoms with E-state index in [1.165, 1.54) is 30.8 Å². The number of sulfonamides is 1. The van der Waals surface area contributed by atoms with E-state index in [0.29, 0.717) is 0 Å². The van der Waals surface area contributed by atoms with Crippen LogP contribution in [0.1, 0.15) is 0 Å². The standard InChI is InChI=1S/C11H16ClN3O4S/c1-18-9-5-15(6-10(9)19-2)20(16,17)7-3-8(12)11(13)14-4-7/h3-4,9-10H,5-6H2,1-2H3,(H2,13,14). The molecule has 1 aromatic rings. The van der Waals surface area contributed by atoms with Crippen molar-refractivity contribution in [2.75, 3.05) is 33.0 Å². The minimum Gasteiger partial charge on any atom is -0.382 e. The molecule has 2 atom stereocenters. The van der Waals surface area contributed by atoms with Gasteiger partial charge in [-0.1, -0.05) is 11.6 Å². The van der Waals surface area contributed by atoms with Crippen molar-refractivity contribution in [1.29, 1.82) is 0 Å². The Balaban J connectivity index is 2.29. The summed E-state index contributed by atoms with van der Waals surface area (Å²) in [6, 6.07) is 1.29. The number of anilines is 1. The third-order valence-electron chi connectivity index (χ3n) is 3.27. The van der Waals surface area contributed by atoms with Gasteiger partial charge < -0.3 is 15.2 Å². The lowest BCUT2D eigenvalue weighted by atomic mass is 10.3. The second kappa shape index (κ2) is 5.82. The van der Waals surface area contributed by atoms with Crippen LogP contribution < -0.4 is 5.73 Å². The molecule has 2 heterocycles. The van der Waals surface area contributed by atoms with E-state index >= 15 is 0 Å². The van der Waals surface area contributed by atoms with Gasteiger partial charge in [0.1, 0.15) is 10.7 Å². The minimum atomic E-state index is -3.69. The Labute approximate surface area is 122 Å². The monoisotopic (exact) mass is 321 g/mol. The van der Waals surface area contributed by atoms with E-state index in [9.17, 15) is 8.42 Å². The molecule has 0 aliphatic carbocycles. The molecule has 2 unspecified atom stereocenters. The lowest BCUT2D eigenvalue weighted by molar-refractivity contribution is -0.00461. The van der Waals surface area contributed by atoms with E-state index in [4.69, 9.17) is 26.8 Å². The molecule has 1 aliphatic rings. The van der Waals surface area contributed by atoms with Crippen molar-refractivity contribution in [1.82, 2.24) is 9.29 Å². The van der Waals surface area contributed by atoms with E-state index in [-0.39, 0.29) is 41.0 Å². The minimum absolute atomic E-state index is 0.00306. The van der Waals surface area contributed by atoms with Crippen LogP contribution in [0, 0.1) is 0 Å². The average Bonchev–Trinajstić information content (AvgIpc) is 2.85. The van der Waals surface area contributed by atoms with Crippen LogP contribution in [0.15, 0.2) is 17.2 Å². The summed E-state index contributed by atoms with van der Waals surface area (Å²) in [5, 5.41) is 0.108. The first kappa shape index (κ1) is 15.5. The van der Waals surface area contributed by atoms with Crippen molar-refractivity contribution in [2.24, 2.45) is 0 Å². The number of hydrogen-bond donors (Lipinski definition) is 1. The van der Waals surface area contributed by atoms with Crippen molar-refractivity contribution in [2.45, 2.75) is 17.1 Å². The summed E-state index contributed by atoms with van der Waals surface area (Å²) in [5.74, 6) is 0.0941. The van der Waals surface area contributed by atoms with Gasteiger partial charge in [0, 0.05) is 33.5 Å². The fraction of sp³-hybridized carbons (Fsp3) is 0.545. The number of methoxy groups -OCH3 is 2. The van der Waals surface area contributed by atoms with Gasteiger partial charge in [0.25, 0.3) is 0 Å². The van der Waals surface area contributed by atoms with Crippen LogP contribution >= 0.6 is 11.6 Å². The van der Waals surface area contributed by atoms with Crippen LogP contribution in [0.25, 0.3) is 0 Å². The van der Waals surface area contributed by atoms with Gasteiger partial charge in [0.05, 0.1) is 17.2 Å². The molecule has 1 fully saturated rings. The largest absolute Gasteiger partial charge is 0.382 e. The first-order valence-electron chi connectivity index (χ1n) is 5.87. The number of hydrogen-bond acceptors (Lipinski definition) is 6. The Kier molecular flexibility index (Phi) is 4.50. The molecular formula is C11H16ClN3O4S. The summed E-state index contributed by atoms with van der Waals surface area (Å²) in [4.78, 5) is 3.78. The SMILES string of the molecule is COC1CN(S(=O)(=O)c2cnc(N)c(Cl)c2)CC1OC. The number of nitrogen functional groups attached to an aromatic ring is 1. The fourth-order valence-electron chi connectivity index (χ4n) is 2.08. The average molecular weight is 322 g/mol. The molecule has 0 saturated carbocycles. The number of nitrogens with two attached hydrogens (primary N) is 1. The first-order chi connectivity index (χ1) is 9.40. The highest BCUT2D eigenvalue weighted by molar-refractivity contribution is 7.89. The van der Waals surface area contributed by atoms with Crippen LogP contribution in [0.2, 0.25) is 5.02 Å². The van der Waals surface area contributed by atoms with Gasteiger partial charge in [-0.05, 0) is 6.07 Å². The maximum Gasteiger partial charge on any atom is 0.244 e. The van der Waals surface area contributed by atoms with Gasteiger partial charge in [-0.15, -0.1) is 0 Å². The quantitative estimate of drug-likeness (QED) is 0.860. The predicted molar refractivity (Wildman–Crippen MR) is 74.0 cm³/mol. The third-order valence-corrected chi connectivity index (χ3v) is 5.37. The van der Waals surface area contributed by atoms with E-state index in [2.05, 4.69) is 4.98 Å². The van der Waals surface area contributed by atoms with Crippen molar-refractivity contribution >= 4 is 27.4 Å². The molecule has 0 aromatic carbocycles. The molecule has 1 aromatic heterocycles. The molecule has 1 saturated heterocycles. The molecule has 0 spiro atoms. The highest BCUT2D eigenvalue weighted by atomic mass is 35.5. The smallest absolute Gasteiger partial charge is 0.244 e. The maximum absolute atomic E-state index is 12.5. The molecule has 1 aliphatic heterocycles. The van der Waals surface area contributed by atoms with Gasteiger partial charge in [-0.25, -0.2) is 13.4 Å². The summed E-state index contributed by atoms with van der Waals surface area (Å²) < 4.78 is 36.7. The number of halogens is 1. The Morgan fingerprint density at radius 1 is 1.35 bits per heavy atom. The zero-order valence-electron chi connectivity index (χ0n) is 11.1. The normalized spacial score (nSPS) is 24.1. The van der Waals surface area contributed by atoms with Crippen LogP contribution in [0.5, 0.6) is 0 Å². The number of nitrogens with zero attached hydrogens (tertiary/aromatic N) is 2. The Hall–Kier alpha value is -0.930. The number of aromatic nitrogens is 1. The highest BCUT2D eigenvalue weighted by Gasteiger charge is 2.40. The number of rotatable bonds is 4. The van der Waals surface area contributed by atoms with Crippen LogP contribution in [0.3, 0.4) is 0 Å². The highest BCUT2D eigenvalue weighted by Crippen LogP contribution is 2.26. The van der Waals surface area contributed by atoms with E-state index in [0.717, 1.165) is 0 Å². The summed E-state index contributed by atoms with van der Waals surface area (Å²) in [7, 11) is -0.649. The molecule has 112 valence electrons. The summed E-state index contributed by atoms with van der Waals surface area (Å²) in [6.45, 7) is 0.443. The lowest BCUT2D eigenvalue weighted by Gasteiger charge is -2.16. The van der Waals surface area contributed by atoms with Crippen molar-refractivity contribution < 1.29 is 17.9 Å². The van der Waals surface area contributed by atoms with Crippen molar-refractivity contribution in [3.8, 4) is 0 Å². The fourth-order valence-corrected chi connectivity index (χ4v) is 3.75. The molecule has 0 radical (unpaired) electrons. The van der Waals surface area contributed by atoms with Crippen LogP contribution in [-0.4, -0.2) is 57.2 Å². The predicted octanol–water partition coefficient (Wildman–Crippen LogP) is 0.351. The Bertz CT molecular complexity index is 583. The van der Waals surface area contributed by atoms with Crippen molar-refractivity contribution in [3.05, 3.63) is 17.3 Å². The van der Waals surface area contributed by atoms with E-state index in [1.54, 1.807) is 0 Å². The zero-order valence-corrected chi connectivity index (χ0v) is 12.7.